The Hall–Kier alpha value is -0.0800. The number of piperazine rings is 1. The van der Waals surface area contributed by atoms with Crippen molar-refractivity contribution in [1.82, 2.24) is 10.2 Å². The molecule has 2 saturated carbocycles. The van der Waals surface area contributed by atoms with Crippen molar-refractivity contribution < 1.29 is 0 Å². The van der Waals surface area contributed by atoms with Gasteiger partial charge in [0.1, 0.15) is 0 Å². The fourth-order valence-electron chi connectivity index (χ4n) is 3.98. The van der Waals surface area contributed by atoms with Crippen LogP contribution in [0.3, 0.4) is 0 Å². The first kappa shape index (κ1) is 12.0. The molecule has 17 heavy (non-hydrogen) atoms. The molecule has 2 aliphatic carbocycles. The summed E-state index contributed by atoms with van der Waals surface area (Å²) in [6, 6.07) is 0.787. The van der Waals surface area contributed by atoms with Crippen molar-refractivity contribution in [2.24, 2.45) is 0 Å². The van der Waals surface area contributed by atoms with E-state index in [1.807, 2.05) is 0 Å². The topological polar surface area (TPSA) is 15.3 Å². The summed E-state index contributed by atoms with van der Waals surface area (Å²) in [4.78, 5) is 2.87. The number of rotatable bonds is 2. The van der Waals surface area contributed by atoms with Crippen LogP contribution >= 0.6 is 0 Å². The quantitative estimate of drug-likeness (QED) is 0.793. The van der Waals surface area contributed by atoms with Gasteiger partial charge in [-0.3, -0.25) is 4.90 Å². The summed E-state index contributed by atoms with van der Waals surface area (Å²) in [6.07, 6.45) is 11.3. The van der Waals surface area contributed by atoms with Gasteiger partial charge in [0.25, 0.3) is 0 Å². The second kappa shape index (κ2) is 4.24. The van der Waals surface area contributed by atoms with Crippen LogP contribution in [0.25, 0.3) is 0 Å². The van der Waals surface area contributed by atoms with Crippen LogP contribution in [-0.4, -0.2) is 35.1 Å². The zero-order valence-electron chi connectivity index (χ0n) is 11.6. The number of hydrogen-bond acceptors (Lipinski definition) is 2. The van der Waals surface area contributed by atoms with Crippen LogP contribution in [0.4, 0.5) is 0 Å². The first-order valence-corrected chi connectivity index (χ1v) is 7.69. The molecule has 1 unspecified atom stereocenters. The molecule has 3 aliphatic rings. The molecule has 0 amide bonds. The van der Waals surface area contributed by atoms with Crippen molar-refractivity contribution in [3.05, 3.63) is 0 Å². The van der Waals surface area contributed by atoms with Crippen LogP contribution in [0.2, 0.25) is 0 Å². The Labute approximate surface area is 106 Å². The molecular formula is C15H28N2. The van der Waals surface area contributed by atoms with Crippen molar-refractivity contribution >= 4 is 0 Å². The standard InChI is InChI=1S/C15H28N2/c1-3-13-11-16-15(7-5-4-6-8-15)12-17(13)14(2)9-10-14/h13,16H,3-12H2,1-2H3. The maximum atomic E-state index is 3.92. The van der Waals surface area contributed by atoms with Crippen LogP contribution in [0, 0.1) is 0 Å². The highest BCUT2D eigenvalue weighted by Gasteiger charge is 2.50. The second-order valence-corrected chi connectivity index (χ2v) is 6.91. The fourth-order valence-corrected chi connectivity index (χ4v) is 3.98. The molecule has 2 nitrogen and oxygen atoms in total. The third-order valence-electron chi connectivity index (χ3n) is 5.58. The van der Waals surface area contributed by atoms with E-state index >= 15 is 0 Å². The molecule has 1 N–H and O–H groups in total. The van der Waals surface area contributed by atoms with E-state index < -0.39 is 0 Å². The van der Waals surface area contributed by atoms with Crippen LogP contribution in [0.1, 0.15) is 65.2 Å². The molecule has 1 atom stereocenters. The van der Waals surface area contributed by atoms with Crippen molar-refractivity contribution in [2.45, 2.75) is 82.3 Å². The third kappa shape index (κ3) is 2.15. The molecule has 98 valence electrons. The van der Waals surface area contributed by atoms with Crippen molar-refractivity contribution in [3.8, 4) is 0 Å². The third-order valence-corrected chi connectivity index (χ3v) is 5.58. The Balaban J connectivity index is 1.74. The van der Waals surface area contributed by atoms with Crippen molar-refractivity contribution in [2.75, 3.05) is 13.1 Å². The van der Waals surface area contributed by atoms with E-state index in [-0.39, 0.29) is 0 Å². The van der Waals surface area contributed by atoms with Crippen LogP contribution in [0.5, 0.6) is 0 Å². The van der Waals surface area contributed by atoms with E-state index in [4.69, 9.17) is 0 Å². The summed E-state index contributed by atoms with van der Waals surface area (Å²) in [5.74, 6) is 0. The molecule has 0 aromatic carbocycles. The highest BCUT2D eigenvalue weighted by molar-refractivity contribution is 5.09. The molecule has 3 fully saturated rings. The predicted octanol–water partition coefficient (Wildman–Crippen LogP) is 2.93. The monoisotopic (exact) mass is 236 g/mol. The SMILES string of the molecule is CCC1CNC2(CCCCC2)CN1C1(C)CC1. The molecule has 0 bridgehead atoms. The van der Waals surface area contributed by atoms with Gasteiger partial charge in [-0.15, -0.1) is 0 Å². The fraction of sp³-hybridized carbons (Fsp3) is 1.00. The molecule has 2 heteroatoms. The first-order chi connectivity index (χ1) is 8.18. The molecule has 0 radical (unpaired) electrons. The van der Waals surface area contributed by atoms with Gasteiger partial charge in [0, 0.05) is 30.2 Å². The highest BCUT2D eigenvalue weighted by atomic mass is 15.3. The highest BCUT2D eigenvalue weighted by Crippen LogP contribution is 2.45. The molecule has 3 rings (SSSR count). The van der Waals surface area contributed by atoms with Crippen LogP contribution < -0.4 is 5.32 Å². The summed E-state index contributed by atoms with van der Waals surface area (Å²) < 4.78 is 0. The maximum Gasteiger partial charge on any atom is 0.0309 e. The van der Waals surface area contributed by atoms with Gasteiger partial charge in [-0.2, -0.15) is 0 Å². The Kier molecular flexibility index (Phi) is 2.99. The lowest BCUT2D eigenvalue weighted by molar-refractivity contribution is 0.0184. The minimum absolute atomic E-state index is 0.482. The lowest BCUT2D eigenvalue weighted by atomic mass is 9.78. The second-order valence-electron chi connectivity index (χ2n) is 6.91. The summed E-state index contributed by atoms with van der Waals surface area (Å²) in [6.45, 7) is 7.38. The van der Waals surface area contributed by atoms with E-state index in [0.717, 1.165) is 6.04 Å². The smallest absolute Gasteiger partial charge is 0.0309 e. The van der Waals surface area contributed by atoms with Crippen LogP contribution in [-0.2, 0) is 0 Å². The number of nitrogens with zero attached hydrogens (tertiary/aromatic N) is 1. The predicted molar refractivity (Wildman–Crippen MR) is 72.2 cm³/mol. The largest absolute Gasteiger partial charge is 0.308 e. The summed E-state index contributed by atoms with van der Waals surface area (Å²) in [5.41, 5.74) is 1.04. The Morgan fingerprint density at radius 2 is 1.82 bits per heavy atom. The van der Waals surface area contributed by atoms with E-state index in [9.17, 15) is 0 Å². The zero-order chi connectivity index (χ0) is 11.9. The average molecular weight is 236 g/mol. The van der Waals surface area contributed by atoms with Crippen LogP contribution in [0.15, 0.2) is 0 Å². The summed E-state index contributed by atoms with van der Waals surface area (Å²) >= 11 is 0. The maximum absolute atomic E-state index is 3.92. The van der Waals surface area contributed by atoms with Crippen molar-refractivity contribution in [3.63, 3.8) is 0 Å². The number of nitrogens with one attached hydrogen (secondary N) is 1. The Morgan fingerprint density at radius 3 is 2.41 bits per heavy atom. The molecule has 1 heterocycles. The molecular weight excluding hydrogens is 208 g/mol. The van der Waals surface area contributed by atoms with Gasteiger partial charge >= 0.3 is 0 Å². The van der Waals surface area contributed by atoms with Gasteiger partial charge in [-0.05, 0) is 39.0 Å². The minimum Gasteiger partial charge on any atom is -0.308 e. The molecule has 1 spiro atoms. The Bertz CT molecular complexity index is 277. The van der Waals surface area contributed by atoms with E-state index in [1.165, 1.54) is 64.5 Å². The van der Waals surface area contributed by atoms with Gasteiger partial charge in [-0.1, -0.05) is 26.2 Å². The van der Waals surface area contributed by atoms with Crippen molar-refractivity contribution in [1.29, 1.82) is 0 Å². The lowest BCUT2D eigenvalue weighted by Gasteiger charge is -2.52. The molecule has 0 aromatic heterocycles. The van der Waals surface area contributed by atoms with E-state index in [0.29, 0.717) is 11.1 Å². The normalized spacial score (nSPS) is 36.0. The van der Waals surface area contributed by atoms with Gasteiger partial charge in [0.2, 0.25) is 0 Å². The molecule has 0 aromatic rings. The first-order valence-electron chi connectivity index (χ1n) is 7.69. The average Bonchev–Trinajstić information content (AvgIpc) is 3.10. The summed E-state index contributed by atoms with van der Waals surface area (Å²) in [5, 5.41) is 3.92. The van der Waals surface area contributed by atoms with Gasteiger partial charge in [-0.25, -0.2) is 0 Å². The van der Waals surface area contributed by atoms with Gasteiger partial charge in [0.15, 0.2) is 0 Å². The lowest BCUT2D eigenvalue weighted by Crippen LogP contribution is -2.66. The minimum atomic E-state index is 0.482. The molecule has 1 saturated heterocycles. The molecule has 1 aliphatic heterocycles. The van der Waals surface area contributed by atoms with Gasteiger partial charge in [0.05, 0.1) is 0 Å². The van der Waals surface area contributed by atoms with E-state index in [2.05, 4.69) is 24.1 Å². The summed E-state index contributed by atoms with van der Waals surface area (Å²) in [7, 11) is 0. The zero-order valence-corrected chi connectivity index (χ0v) is 11.6. The van der Waals surface area contributed by atoms with E-state index in [1.54, 1.807) is 0 Å². The Morgan fingerprint density at radius 1 is 1.12 bits per heavy atom. The van der Waals surface area contributed by atoms with Gasteiger partial charge < -0.3 is 5.32 Å². The number of hydrogen-bond donors (Lipinski definition) is 1.